The van der Waals surface area contributed by atoms with Gasteiger partial charge in [-0.3, -0.25) is 0 Å². The SMILES string of the molecule is CCCC(CN)n1cncc1-c1ccccc1Cl. The molecule has 0 fully saturated rings. The molecule has 0 saturated heterocycles. The monoisotopic (exact) mass is 263 g/mol. The quantitative estimate of drug-likeness (QED) is 0.897. The standard InChI is InChI=1S/C14H18ClN3/c1-2-5-11(8-16)18-10-17-9-14(18)12-6-3-4-7-13(12)15/h3-4,6-7,9-11H,2,5,8,16H2,1H3. The smallest absolute Gasteiger partial charge is 0.0954 e. The third-order valence-electron chi connectivity index (χ3n) is 3.10. The van der Waals surface area contributed by atoms with Crippen LogP contribution in [0.15, 0.2) is 36.8 Å². The van der Waals surface area contributed by atoms with Gasteiger partial charge in [-0.1, -0.05) is 43.1 Å². The average Bonchev–Trinajstić information content (AvgIpc) is 2.85. The first-order valence-electron chi connectivity index (χ1n) is 6.24. The first kappa shape index (κ1) is 13.1. The highest BCUT2D eigenvalue weighted by atomic mass is 35.5. The summed E-state index contributed by atoms with van der Waals surface area (Å²) in [6.45, 7) is 2.77. The molecular formula is C14H18ClN3. The van der Waals surface area contributed by atoms with Crippen LogP contribution in [0.5, 0.6) is 0 Å². The van der Waals surface area contributed by atoms with Gasteiger partial charge in [-0.25, -0.2) is 4.98 Å². The van der Waals surface area contributed by atoms with E-state index in [0.717, 1.165) is 29.1 Å². The first-order valence-corrected chi connectivity index (χ1v) is 6.62. The van der Waals surface area contributed by atoms with Gasteiger partial charge in [0.25, 0.3) is 0 Å². The van der Waals surface area contributed by atoms with E-state index in [9.17, 15) is 0 Å². The van der Waals surface area contributed by atoms with E-state index in [1.807, 2.05) is 36.8 Å². The maximum Gasteiger partial charge on any atom is 0.0954 e. The van der Waals surface area contributed by atoms with E-state index in [0.29, 0.717) is 6.54 Å². The number of imidazole rings is 1. The number of nitrogens with two attached hydrogens (primary N) is 1. The number of halogens is 1. The molecule has 0 spiro atoms. The molecule has 1 aromatic carbocycles. The predicted molar refractivity (Wildman–Crippen MR) is 75.7 cm³/mol. The molecule has 0 aliphatic rings. The lowest BCUT2D eigenvalue weighted by Crippen LogP contribution is -2.19. The first-order chi connectivity index (χ1) is 8.77. The van der Waals surface area contributed by atoms with E-state index in [4.69, 9.17) is 17.3 Å². The summed E-state index contributed by atoms with van der Waals surface area (Å²) >= 11 is 6.24. The van der Waals surface area contributed by atoms with Crippen molar-refractivity contribution in [3.05, 3.63) is 41.8 Å². The maximum absolute atomic E-state index is 6.24. The fourth-order valence-corrected chi connectivity index (χ4v) is 2.41. The van der Waals surface area contributed by atoms with Gasteiger partial charge in [-0.05, 0) is 12.5 Å². The Kier molecular flexibility index (Phi) is 4.39. The van der Waals surface area contributed by atoms with E-state index < -0.39 is 0 Å². The summed E-state index contributed by atoms with van der Waals surface area (Å²) in [5.41, 5.74) is 7.89. The van der Waals surface area contributed by atoms with Crippen LogP contribution in [0.2, 0.25) is 5.02 Å². The molecule has 0 bridgehead atoms. The van der Waals surface area contributed by atoms with Crippen molar-refractivity contribution in [3.8, 4) is 11.3 Å². The molecule has 3 nitrogen and oxygen atoms in total. The summed E-state index contributed by atoms with van der Waals surface area (Å²) in [5, 5.41) is 0.742. The van der Waals surface area contributed by atoms with Crippen LogP contribution in [-0.4, -0.2) is 16.1 Å². The molecule has 18 heavy (non-hydrogen) atoms. The highest BCUT2D eigenvalue weighted by Gasteiger charge is 2.14. The minimum Gasteiger partial charge on any atom is -0.328 e. The van der Waals surface area contributed by atoms with Crippen molar-refractivity contribution >= 4 is 11.6 Å². The van der Waals surface area contributed by atoms with Gasteiger partial charge >= 0.3 is 0 Å². The summed E-state index contributed by atoms with van der Waals surface area (Å²) in [5.74, 6) is 0. The number of benzene rings is 1. The molecule has 1 atom stereocenters. The molecular weight excluding hydrogens is 246 g/mol. The van der Waals surface area contributed by atoms with Crippen molar-refractivity contribution in [2.24, 2.45) is 5.73 Å². The summed E-state index contributed by atoms with van der Waals surface area (Å²) in [4.78, 5) is 4.24. The Hall–Kier alpha value is -1.32. The topological polar surface area (TPSA) is 43.8 Å². The summed E-state index contributed by atoms with van der Waals surface area (Å²) in [6, 6.07) is 8.10. The third kappa shape index (κ3) is 2.57. The highest BCUT2D eigenvalue weighted by Crippen LogP contribution is 2.29. The van der Waals surface area contributed by atoms with Crippen LogP contribution in [0, 0.1) is 0 Å². The van der Waals surface area contributed by atoms with Crippen molar-refractivity contribution in [3.63, 3.8) is 0 Å². The number of aromatic nitrogens is 2. The molecule has 0 radical (unpaired) electrons. The predicted octanol–water partition coefficient (Wildman–Crippen LogP) is 3.50. The lowest BCUT2D eigenvalue weighted by atomic mass is 10.1. The fourth-order valence-electron chi connectivity index (χ4n) is 2.18. The average molecular weight is 264 g/mol. The van der Waals surface area contributed by atoms with Gasteiger partial charge < -0.3 is 10.3 Å². The Labute approximate surface area is 113 Å². The Morgan fingerprint density at radius 3 is 2.83 bits per heavy atom. The van der Waals surface area contributed by atoms with Gasteiger partial charge in [0.15, 0.2) is 0 Å². The van der Waals surface area contributed by atoms with Gasteiger partial charge in [0, 0.05) is 23.2 Å². The van der Waals surface area contributed by atoms with E-state index in [1.165, 1.54) is 0 Å². The molecule has 2 rings (SSSR count). The van der Waals surface area contributed by atoms with Crippen LogP contribution < -0.4 is 5.73 Å². The van der Waals surface area contributed by atoms with Gasteiger partial charge in [0.1, 0.15) is 0 Å². The van der Waals surface area contributed by atoms with E-state index in [2.05, 4.69) is 16.5 Å². The van der Waals surface area contributed by atoms with E-state index in [1.54, 1.807) is 0 Å². The van der Waals surface area contributed by atoms with Crippen molar-refractivity contribution in [2.45, 2.75) is 25.8 Å². The van der Waals surface area contributed by atoms with Crippen LogP contribution in [0.1, 0.15) is 25.8 Å². The fraction of sp³-hybridized carbons (Fsp3) is 0.357. The Morgan fingerprint density at radius 1 is 1.39 bits per heavy atom. The second-order valence-corrected chi connectivity index (χ2v) is 4.75. The molecule has 0 aliphatic heterocycles. The van der Waals surface area contributed by atoms with Gasteiger partial charge in [0.2, 0.25) is 0 Å². The van der Waals surface area contributed by atoms with Crippen LogP contribution in [0.25, 0.3) is 11.3 Å². The van der Waals surface area contributed by atoms with Crippen LogP contribution in [0.4, 0.5) is 0 Å². The molecule has 0 amide bonds. The zero-order valence-electron chi connectivity index (χ0n) is 10.5. The van der Waals surface area contributed by atoms with Crippen LogP contribution in [-0.2, 0) is 0 Å². The molecule has 2 N–H and O–H groups in total. The molecule has 0 aliphatic carbocycles. The van der Waals surface area contributed by atoms with Crippen LogP contribution in [0.3, 0.4) is 0 Å². The minimum absolute atomic E-state index is 0.281. The largest absolute Gasteiger partial charge is 0.328 e. The lowest BCUT2D eigenvalue weighted by molar-refractivity contribution is 0.473. The number of nitrogens with zero attached hydrogens (tertiary/aromatic N) is 2. The van der Waals surface area contributed by atoms with Gasteiger partial charge in [-0.2, -0.15) is 0 Å². The van der Waals surface area contributed by atoms with Crippen molar-refractivity contribution in [1.82, 2.24) is 9.55 Å². The molecule has 96 valence electrons. The lowest BCUT2D eigenvalue weighted by Gasteiger charge is -2.19. The Balaban J connectivity index is 2.41. The molecule has 1 heterocycles. The summed E-state index contributed by atoms with van der Waals surface area (Å²) in [7, 11) is 0. The third-order valence-corrected chi connectivity index (χ3v) is 3.43. The molecule has 1 aromatic heterocycles. The molecule has 2 aromatic rings. The zero-order valence-corrected chi connectivity index (χ0v) is 11.3. The van der Waals surface area contributed by atoms with Gasteiger partial charge in [0.05, 0.1) is 18.2 Å². The molecule has 4 heteroatoms. The van der Waals surface area contributed by atoms with Crippen LogP contribution >= 0.6 is 11.6 Å². The Bertz CT molecular complexity index is 507. The second-order valence-electron chi connectivity index (χ2n) is 4.34. The highest BCUT2D eigenvalue weighted by molar-refractivity contribution is 6.33. The van der Waals surface area contributed by atoms with Gasteiger partial charge in [-0.15, -0.1) is 0 Å². The number of rotatable bonds is 5. The minimum atomic E-state index is 0.281. The molecule has 0 saturated carbocycles. The second kappa shape index (κ2) is 6.03. The maximum atomic E-state index is 6.24. The van der Waals surface area contributed by atoms with E-state index in [-0.39, 0.29) is 6.04 Å². The van der Waals surface area contributed by atoms with E-state index >= 15 is 0 Å². The summed E-state index contributed by atoms with van der Waals surface area (Å²) in [6.07, 6.45) is 5.83. The van der Waals surface area contributed by atoms with Crippen molar-refractivity contribution < 1.29 is 0 Å². The number of hydrogen-bond acceptors (Lipinski definition) is 2. The zero-order chi connectivity index (χ0) is 13.0. The van der Waals surface area contributed by atoms with Crippen molar-refractivity contribution in [2.75, 3.05) is 6.54 Å². The Morgan fingerprint density at radius 2 is 2.17 bits per heavy atom. The number of hydrogen-bond donors (Lipinski definition) is 1. The summed E-state index contributed by atoms with van der Waals surface area (Å²) < 4.78 is 2.13. The molecule has 1 unspecified atom stereocenters. The van der Waals surface area contributed by atoms with Crippen molar-refractivity contribution in [1.29, 1.82) is 0 Å². The normalized spacial score (nSPS) is 12.6.